The van der Waals surface area contributed by atoms with Crippen LogP contribution in [0.4, 0.5) is 24.5 Å². The van der Waals surface area contributed by atoms with E-state index in [-0.39, 0.29) is 31.0 Å². The molecule has 1 amide bonds. The van der Waals surface area contributed by atoms with Crippen molar-refractivity contribution < 1.29 is 18.0 Å². The maximum absolute atomic E-state index is 13.6. The summed E-state index contributed by atoms with van der Waals surface area (Å²) < 4.78 is 40.1. The minimum Gasteiger partial charge on any atom is -0.367 e. The SMILES string of the molecule is Cc1cc(N2CCCc3cc(F)ccc3C2)cc(C)c1NC(=O)CC1(C)CC(F)(F)C1. The zero-order valence-electron chi connectivity index (χ0n) is 18.3. The summed E-state index contributed by atoms with van der Waals surface area (Å²) in [5, 5.41) is 2.95. The summed E-state index contributed by atoms with van der Waals surface area (Å²) in [7, 11) is 0. The van der Waals surface area contributed by atoms with E-state index in [0.717, 1.165) is 53.0 Å². The molecule has 1 fully saturated rings. The van der Waals surface area contributed by atoms with Gasteiger partial charge in [-0.25, -0.2) is 13.2 Å². The minimum atomic E-state index is -2.64. The van der Waals surface area contributed by atoms with Gasteiger partial charge in [0.15, 0.2) is 0 Å². The Hall–Kier alpha value is -2.50. The highest BCUT2D eigenvalue weighted by Crippen LogP contribution is 2.53. The fraction of sp³-hybridized carbons (Fsp3) is 0.480. The fourth-order valence-corrected chi connectivity index (χ4v) is 5.16. The molecule has 4 rings (SSSR count). The molecule has 1 saturated carbocycles. The van der Waals surface area contributed by atoms with Gasteiger partial charge in [-0.1, -0.05) is 13.0 Å². The number of carbonyl (C=O) groups is 1. The van der Waals surface area contributed by atoms with Gasteiger partial charge in [0.2, 0.25) is 11.8 Å². The number of rotatable bonds is 4. The van der Waals surface area contributed by atoms with E-state index >= 15 is 0 Å². The van der Waals surface area contributed by atoms with Crippen LogP contribution < -0.4 is 10.2 Å². The number of halogens is 3. The number of alkyl halides is 2. The lowest BCUT2D eigenvalue weighted by Crippen LogP contribution is -2.45. The number of nitrogens with zero attached hydrogens (tertiary/aromatic N) is 1. The van der Waals surface area contributed by atoms with E-state index in [4.69, 9.17) is 0 Å². The van der Waals surface area contributed by atoms with E-state index in [1.54, 1.807) is 13.0 Å². The number of amides is 1. The first-order valence-electron chi connectivity index (χ1n) is 10.8. The summed E-state index contributed by atoms with van der Waals surface area (Å²) in [6.45, 7) is 7.23. The Kier molecular flexibility index (Phi) is 5.52. The molecule has 0 bridgehead atoms. The summed E-state index contributed by atoms with van der Waals surface area (Å²) in [5.74, 6) is -3.05. The fourth-order valence-electron chi connectivity index (χ4n) is 5.16. The largest absolute Gasteiger partial charge is 0.367 e. The Labute approximate surface area is 181 Å². The van der Waals surface area contributed by atoms with Gasteiger partial charge in [0.25, 0.3) is 0 Å². The average Bonchev–Trinajstić information content (AvgIpc) is 2.84. The number of fused-ring (bicyclic) bond motifs is 1. The Bertz CT molecular complexity index is 987. The van der Waals surface area contributed by atoms with E-state index < -0.39 is 11.3 Å². The molecule has 1 aliphatic carbocycles. The molecule has 2 aliphatic rings. The zero-order valence-corrected chi connectivity index (χ0v) is 18.3. The van der Waals surface area contributed by atoms with Crippen LogP contribution in [0, 0.1) is 25.1 Å². The molecule has 0 atom stereocenters. The first-order chi connectivity index (χ1) is 14.5. The van der Waals surface area contributed by atoms with Gasteiger partial charge in [-0.2, -0.15) is 0 Å². The third-order valence-corrected chi connectivity index (χ3v) is 6.51. The van der Waals surface area contributed by atoms with Crippen LogP contribution in [-0.4, -0.2) is 18.4 Å². The highest BCUT2D eigenvalue weighted by Gasteiger charge is 2.54. The molecule has 31 heavy (non-hydrogen) atoms. The second kappa shape index (κ2) is 7.88. The Balaban J connectivity index is 1.48. The highest BCUT2D eigenvalue weighted by molar-refractivity contribution is 5.93. The van der Waals surface area contributed by atoms with E-state index in [1.807, 2.05) is 19.9 Å². The smallest absolute Gasteiger partial charge is 0.249 e. The zero-order chi connectivity index (χ0) is 22.4. The molecule has 166 valence electrons. The third-order valence-electron chi connectivity index (χ3n) is 6.51. The summed E-state index contributed by atoms with van der Waals surface area (Å²) in [4.78, 5) is 14.8. The lowest BCUT2D eigenvalue weighted by Gasteiger charge is -2.44. The van der Waals surface area contributed by atoms with Crippen LogP contribution in [-0.2, 0) is 17.8 Å². The lowest BCUT2D eigenvalue weighted by atomic mass is 9.65. The van der Waals surface area contributed by atoms with Crippen LogP contribution in [0.25, 0.3) is 0 Å². The predicted octanol–water partition coefficient (Wildman–Crippen LogP) is 6.16. The second-order valence-electron chi connectivity index (χ2n) is 9.64. The van der Waals surface area contributed by atoms with Crippen LogP contribution in [0.1, 0.15) is 54.9 Å². The van der Waals surface area contributed by atoms with Crippen LogP contribution in [0.5, 0.6) is 0 Å². The van der Waals surface area contributed by atoms with Crippen molar-refractivity contribution in [3.63, 3.8) is 0 Å². The van der Waals surface area contributed by atoms with E-state index in [2.05, 4.69) is 22.3 Å². The van der Waals surface area contributed by atoms with Crippen LogP contribution in [0.15, 0.2) is 30.3 Å². The standard InChI is InChI=1S/C25H29F3N2O/c1-16-9-21(30-8-4-5-18-11-20(26)7-6-19(18)13-30)10-17(2)23(16)29-22(31)12-24(3)14-25(27,28)15-24/h6-7,9-11H,4-5,8,12-15H2,1-3H3,(H,29,31). The molecule has 1 aliphatic heterocycles. The molecule has 0 unspecified atom stereocenters. The van der Waals surface area contributed by atoms with Crippen molar-refractivity contribution in [2.45, 2.75) is 65.3 Å². The van der Waals surface area contributed by atoms with Crippen LogP contribution in [0.3, 0.4) is 0 Å². The van der Waals surface area contributed by atoms with Crippen molar-refractivity contribution in [2.75, 3.05) is 16.8 Å². The minimum absolute atomic E-state index is 0.0999. The van der Waals surface area contributed by atoms with Gasteiger partial charge in [-0.15, -0.1) is 0 Å². The number of anilines is 2. The number of nitrogens with one attached hydrogen (secondary N) is 1. The number of benzene rings is 2. The maximum Gasteiger partial charge on any atom is 0.249 e. The first-order valence-corrected chi connectivity index (χ1v) is 10.8. The van der Waals surface area contributed by atoms with E-state index in [0.29, 0.717) is 6.54 Å². The van der Waals surface area contributed by atoms with Crippen molar-refractivity contribution in [1.82, 2.24) is 0 Å². The number of aryl methyl sites for hydroxylation is 3. The molecule has 2 aromatic carbocycles. The van der Waals surface area contributed by atoms with Crippen molar-refractivity contribution in [3.8, 4) is 0 Å². The van der Waals surface area contributed by atoms with Gasteiger partial charge in [0, 0.05) is 43.7 Å². The summed E-state index contributed by atoms with van der Waals surface area (Å²) in [5.41, 5.74) is 5.27. The molecule has 0 radical (unpaired) electrons. The van der Waals surface area contributed by atoms with Crippen molar-refractivity contribution >= 4 is 17.3 Å². The summed E-state index contributed by atoms with van der Waals surface area (Å²) in [6, 6.07) is 9.11. The Morgan fingerprint density at radius 3 is 2.42 bits per heavy atom. The Morgan fingerprint density at radius 2 is 1.77 bits per heavy atom. The van der Waals surface area contributed by atoms with Gasteiger partial charge >= 0.3 is 0 Å². The average molecular weight is 431 g/mol. The van der Waals surface area contributed by atoms with Crippen LogP contribution >= 0.6 is 0 Å². The van der Waals surface area contributed by atoms with Gasteiger partial charge in [0.05, 0.1) is 0 Å². The monoisotopic (exact) mass is 430 g/mol. The van der Waals surface area contributed by atoms with Gasteiger partial charge in [0.1, 0.15) is 5.82 Å². The molecule has 1 N–H and O–H groups in total. The second-order valence-corrected chi connectivity index (χ2v) is 9.64. The normalized spacial score (nSPS) is 19.2. The van der Waals surface area contributed by atoms with Crippen LogP contribution in [0.2, 0.25) is 0 Å². The predicted molar refractivity (Wildman–Crippen MR) is 117 cm³/mol. The Morgan fingerprint density at radius 1 is 1.10 bits per heavy atom. The molecule has 1 heterocycles. The van der Waals surface area contributed by atoms with Crippen molar-refractivity contribution in [3.05, 3.63) is 58.4 Å². The quantitative estimate of drug-likeness (QED) is 0.630. The highest BCUT2D eigenvalue weighted by atomic mass is 19.3. The molecule has 0 spiro atoms. The van der Waals surface area contributed by atoms with Gasteiger partial charge in [-0.05, 0) is 78.6 Å². The summed E-state index contributed by atoms with van der Waals surface area (Å²) >= 11 is 0. The molecular formula is C25H29F3N2O. The van der Waals surface area contributed by atoms with Crippen molar-refractivity contribution in [2.24, 2.45) is 5.41 Å². The molecule has 6 heteroatoms. The topological polar surface area (TPSA) is 32.3 Å². The number of carbonyl (C=O) groups excluding carboxylic acids is 1. The molecule has 0 aromatic heterocycles. The summed E-state index contributed by atoms with van der Waals surface area (Å²) in [6.07, 6.45) is 1.43. The van der Waals surface area contributed by atoms with E-state index in [9.17, 15) is 18.0 Å². The van der Waals surface area contributed by atoms with Gasteiger partial charge < -0.3 is 10.2 Å². The first kappa shape index (κ1) is 21.7. The third kappa shape index (κ3) is 4.73. The number of hydrogen-bond donors (Lipinski definition) is 1. The molecular weight excluding hydrogens is 401 g/mol. The van der Waals surface area contributed by atoms with Gasteiger partial charge in [-0.3, -0.25) is 4.79 Å². The van der Waals surface area contributed by atoms with Crippen molar-refractivity contribution in [1.29, 1.82) is 0 Å². The van der Waals surface area contributed by atoms with E-state index in [1.165, 1.54) is 6.07 Å². The molecule has 3 nitrogen and oxygen atoms in total. The molecule has 2 aromatic rings. The lowest BCUT2D eigenvalue weighted by molar-refractivity contribution is -0.160. The molecule has 0 saturated heterocycles. The maximum atomic E-state index is 13.6. The number of hydrogen-bond acceptors (Lipinski definition) is 2.